The van der Waals surface area contributed by atoms with E-state index in [9.17, 15) is 14.7 Å². The SMILES string of the molecule is N=C(N)c1ccc(O)c(CC[C@H]2CCCN2C(=O)c2ccc(-c3ccc(=O)[nH]c3)cc2)c1. The Labute approximate surface area is 186 Å². The third kappa shape index (κ3) is 4.56. The summed E-state index contributed by atoms with van der Waals surface area (Å²) in [5, 5.41) is 17.8. The number of nitrogens with one attached hydrogen (secondary N) is 2. The van der Waals surface area contributed by atoms with Crippen LogP contribution in [0.3, 0.4) is 0 Å². The number of amidine groups is 1. The molecule has 2 heterocycles. The number of carbonyl (C=O) groups is 1. The molecular formula is C25H26N4O3. The Bertz CT molecular complexity index is 1180. The molecule has 1 aliphatic heterocycles. The van der Waals surface area contributed by atoms with E-state index in [1.807, 2.05) is 29.2 Å². The van der Waals surface area contributed by atoms with Gasteiger partial charge in [0.2, 0.25) is 5.56 Å². The van der Waals surface area contributed by atoms with Crippen molar-refractivity contribution in [2.45, 2.75) is 31.7 Å². The Morgan fingerprint density at radius 1 is 1.09 bits per heavy atom. The molecule has 3 aromatic rings. The number of nitrogens with zero attached hydrogens (tertiary/aromatic N) is 1. The summed E-state index contributed by atoms with van der Waals surface area (Å²) >= 11 is 0. The van der Waals surface area contributed by atoms with Crippen molar-refractivity contribution < 1.29 is 9.90 Å². The van der Waals surface area contributed by atoms with E-state index >= 15 is 0 Å². The van der Waals surface area contributed by atoms with Gasteiger partial charge in [0.15, 0.2) is 0 Å². The quantitative estimate of drug-likeness (QED) is 0.354. The number of H-pyrrole nitrogens is 1. The summed E-state index contributed by atoms with van der Waals surface area (Å²) in [5.74, 6) is 0.153. The van der Waals surface area contributed by atoms with Gasteiger partial charge >= 0.3 is 0 Å². The zero-order valence-corrected chi connectivity index (χ0v) is 17.7. The lowest BCUT2D eigenvalue weighted by Gasteiger charge is -2.25. The highest BCUT2D eigenvalue weighted by Crippen LogP contribution is 2.27. The molecular weight excluding hydrogens is 404 g/mol. The normalized spacial score (nSPS) is 15.6. The van der Waals surface area contributed by atoms with Gasteiger partial charge in [0.1, 0.15) is 11.6 Å². The van der Waals surface area contributed by atoms with E-state index in [0.717, 1.165) is 36.0 Å². The Hall–Kier alpha value is -3.87. The van der Waals surface area contributed by atoms with E-state index in [4.69, 9.17) is 11.1 Å². The number of aromatic nitrogens is 1. The maximum absolute atomic E-state index is 13.2. The highest BCUT2D eigenvalue weighted by Gasteiger charge is 2.29. The maximum atomic E-state index is 13.2. The number of phenolic OH excluding ortho intramolecular Hbond substituents is 1. The Balaban J connectivity index is 1.44. The van der Waals surface area contributed by atoms with Crippen LogP contribution in [-0.2, 0) is 6.42 Å². The Morgan fingerprint density at radius 3 is 2.50 bits per heavy atom. The molecule has 5 N–H and O–H groups in total. The van der Waals surface area contributed by atoms with E-state index < -0.39 is 0 Å². The minimum Gasteiger partial charge on any atom is -0.508 e. The number of nitrogen functional groups attached to an aromatic ring is 1. The summed E-state index contributed by atoms with van der Waals surface area (Å²) < 4.78 is 0. The average Bonchev–Trinajstić information content (AvgIpc) is 3.27. The third-order valence-corrected chi connectivity index (χ3v) is 6.02. The molecule has 1 aromatic heterocycles. The van der Waals surface area contributed by atoms with Crippen molar-refractivity contribution >= 4 is 11.7 Å². The van der Waals surface area contributed by atoms with Crippen molar-refractivity contribution in [3.05, 3.63) is 87.8 Å². The van der Waals surface area contributed by atoms with Crippen LogP contribution in [0.15, 0.2) is 65.6 Å². The molecule has 7 heteroatoms. The van der Waals surface area contributed by atoms with Gasteiger partial charge in [-0.3, -0.25) is 15.0 Å². The molecule has 0 saturated carbocycles. The van der Waals surface area contributed by atoms with Gasteiger partial charge in [-0.2, -0.15) is 0 Å². The first-order valence-corrected chi connectivity index (χ1v) is 10.7. The highest BCUT2D eigenvalue weighted by atomic mass is 16.3. The predicted molar refractivity (Wildman–Crippen MR) is 124 cm³/mol. The van der Waals surface area contributed by atoms with Gasteiger partial charge in [-0.25, -0.2) is 0 Å². The number of carbonyl (C=O) groups excluding carboxylic acids is 1. The molecule has 1 fully saturated rings. The van der Waals surface area contributed by atoms with E-state index in [2.05, 4.69) is 4.98 Å². The molecule has 0 spiro atoms. The van der Waals surface area contributed by atoms with Crippen LogP contribution in [0.1, 0.15) is 40.7 Å². The molecule has 0 aliphatic carbocycles. The van der Waals surface area contributed by atoms with Gasteiger partial charge in [0.05, 0.1) is 0 Å². The van der Waals surface area contributed by atoms with Crippen molar-refractivity contribution in [2.24, 2.45) is 5.73 Å². The molecule has 0 radical (unpaired) electrons. The van der Waals surface area contributed by atoms with Gasteiger partial charge in [0, 0.05) is 36.0 Å². The van der Waals surface area contributed by atoms with Crippen LogP contribution in [-0.4, -0.2) is 39.3 Å². The van der Waals surface area contributed by atoms with Gasteiger partial charge in [-0.1, -0.05) is 12.1 Å². The van der Waals surface area contributed by atoms with Crippen LogP contribution in [0.2, 0.25) is 0 Å². The van der Waals surface area contributed by atoms with E-state index in [1.54, 1.807) is 30.5 Å². The fraction of sp³-hybridized carbons (Fsp3) is 0.240. The summed E-state index contributed by atoms with van der Waals surface area (Å²) in [7, 11) is 0. The molecule has 0 bridgehead atoms. The zero-order valence-electron chi connectivity index (χ0n) is 17.7. The number of aromatic amines is 1. The highest BCUT2D eigenvalue weighted by molar-refractivity contribution is 5.95. The summed E-state index contributed by atoms with van der Waals surface area (Å²) in [6.07, 6.45) is 4.87. The van der Waals surface area contributed by atoms with Crippen LogP contribution in [0.4, 0.5) is 0 Å². The molecule has 0 unspecified atom stereocenters. The first-order valence-electron chi connectivity index (χ1n) is 10.7. The third-order valence-electron chi connectivity index (χ3n) is 6.02. The summed E-state index contributed by atoms with van der Waals surface area (Å²) in [6.45, 7) is 0.713. The number of aryl methyl sites for hydroxylation is 1. The first kappa shape index (κ1) is 21.4. The molecule has 32 heavy (non-hydrogen) atoms. The van der Waals surface area contributed by atoms with Gasteiger partial charge in [-0.15, -0.1) is 0 Å². The molecule has 1 amide bonds. The average molecular weight is 431 g/mol. The minimum atomic E-state index is -0.151. The van der Waals surface area contributed by atoms with Crippen molar-refractivity contribution in [1.29, 1.82) is 5.41 Å². The maximum Gasteiger partial charge on any atom is 0.254 e. The summed E-state index contributed by atoms with van der Waals surface area (Å²) in [5.41, 5.74) is 9.18. The van der Waals surface area contributed by atoms with E-state index in [0.29, 0.717) is 24.1 Å². The van der Waals surface area contributed by atoms with Crippen molar-refractivity contribution in [3.8, 4) is 16.9 Å². The molecule has 4 rings (SSSR count). The molecule has 2 aromatic carbocycles. The van der Waals surface area contributed by atoms with Gasteiger partial charge in [0.25, 0.3) is 5.91 Å². The van der Waals surface area contributed by atoms with Gasteiger partial charge in [-0.05, 0) is 78.8 Å². The predicted octanol–water partition coefficient (Wildman–Crippen LogP) is 3.27. The van der Waals surface area contributed by atoms with Crippen molar-refractivity contribution in [2.75, 3.05) is 6.54 Å². The number of hydrogen-bond acceptors (Lipinski definition) is 4. The summed E-state index contributed by atoms with van der Waals surface area (Å²) in [4.78, 5) is 29.0. The van der Waals surface area contributed by atoms with E-state index in [1.165, 1.54) is 6.07 Å². The Morgan fingerprint density at radius 2 is 1.81 bits per heavy atom. The number of aromatic hydroxyl groups is 1. The lowest BCUT2D eigenvalue weighted by atomic mass is 10.00. The number of pyridine rings is 1. The van der Waals surface area contributed by atoms with Crippen molar-refractivity contribution in [3.63, 3.8) is 0 Å². The van der Waals surface area contributed by atoms with Crippen LogP contribution < -0.4 is 11.3 Å². The molecule has 1 atom stereocenters. The zero-order chi connectivity index (χ0) is 22.7. The monoisotopic (exact) mass is 430 g/mol. The number of phenols is 1. The largest absolute Gasteiger partial charge is 0.508 e. The van der Waals surface area contributed by atoms with Crippen LogP contribution in [0.5, 0.6) is 5.75 Å². The number of hydrogen-bond donors (Lipinski definition) is 4. The van der Waals surface area contributed by atoms with Crippen LogP contribution >= 0.6 is 0 Å². The van der Waals surface area contributed by atoms with Crippen LogP contribution in [0.25, 0.3) is 11.1 Å². The number of rotatable bonds is 6. The Kier molecular flexibility index (Phi) is 6.07. The topological polar surface area (TPSA) is 123 Å². The fourth-order valence-electron chi connectivity index (χ4n) is 4.24. The lowest BCUT2D eigenvalue weighted by Crippen LogP contribution is -2.35. The molecule has 164 valence electrons. The number of likely N-dealkylation sites (tertiary alicyclic amines) is 1. The lowest BCUT2D eigenvalue weighted by molar-refractivity contribution is 0.0730. The first-order chi connectivity index (χ1) is 15.4. The summed E-state index contributed by atoms with van der Waals surface area (Å²) in [6, 6.07) is 15.7. The number of amides is 1. The number of nitrogens with two attached hydrogens (primary N) is 1. The second-order valence-corrected chi connectivity index (χ2v) is 8.11. The van der Waals surface area contributed by atoms with Crippen LogP contribution in [0, 0.1) is 5.41 Å². The standard InChI is InChI=1S/C25H26N4O3/c26-24(27)19-8-11-22(30)18(14-19)7-10-21-2-1-13-29(21)25(32)17-5-3-16(4-6-17)20-9-12-23(31)28-15-20/h3-6,8-9,11-12,14-15,21,30H,1-2,7,10,13H2,(H3,26,27)(H,28,31)/t21-/m1/s1. The smallest absolute Gasteiger partial charge is 0.254 e. The fourth-order valence-corrected chi connectivity index (χ4v) is 4.24. The van der Waals surface area contributed by atoms with Gasteiger partial charge < -0.3 is 20.7 Å². The number of benzene rings is 2. The molecule has 1 aliphatic rings. The minimum absolute atomic E-state index is 0.00206. The van der Waals surface area contributed by atoms with E-state index in [-0.39, 0.29) is 29.1 Å². The second kappa shape index (κ2) is 9.09. The molecule has 1 saturated heterocycles. The molecule has 7 nitrogen and oxygen atoms in total. The second-order valence-electron chi connectivity index (χ2n) is 8.11. The van der Waals surface area contributed by atoms with Crippen molar-refractivity contribution in [1.82, 2.24) is 9.88 Å².